The average Bonchev–Trinajstić information content (AvgIpc) is 2.21. The van der Waals surface area contributed by atoms with E-state index in [0.29, 0.717) is 5.75 Å². The first-order chi connectivity index (χ1) is 7.63. The minimum Gasteiger partial charge on any atom is -0.325 e. The largest absolute Gasteiger partial charge is 0.325 e. The van der Waals surface area contributed by atoms with Crippen molar-refractivity contribution in [3.63, 3.8) is 0 Å². The normalized spacial score (nSPS) is 9.88. The van der Waals surface area contributed by atoms with Gasteiger partial charge in [-0.3, -0.25) is 9.59 Å². The van der Waals surface area contributed by atoms with Gasteiger partial charge in [-0.25, -0.2) is 0 Å². The van der Waals surface area contributed by atoms with E-state index in [1.54, 1.807) is 0 Å². The molecule has 0 unspecified atom stereocenters. The monoisotopic (exact) mass is 237 g/mol. The van der Waals surface area contributed by atoms with Gasteiger partial charge in [-0.05, 0) is 24.8 Å². The summed E-state index contributed by atoms with van der Waals surface area (Å²) in [6.45, 7) is 1.92. The summed E-state index contributed by atoms with van der Waals surface area (Å²) in [4.78, 5) is 22.8. The number of hydrogen-bond acceptors (Lipinski definition) is 3. The predicted octanol–water partition coefficient (Wildman–Crippen LogP) is 2.26. The first-order valence-corrected chi connectivity index (χ1v) is 6.39. The molecule has 86 valence electrons. The number of carbonyl (C=O) groups is 2. The van der Waals surface area contributed by atoms with Gasteiger partial charge in [0.25, 0.3) is 0 Å². The van der Waals surface area contributed by atoms with Gasteiger partial charge in [0.2, 0.25) is 5.91 Å². The molecule has 0 atom stereocenters. The van der Waals surface area contributed by atoms with Gasteiger partial charge in [-0.1, -0.05) is 18.2 Å². The average molecular weight is 237 g/mol. The van der Waals surface area contributed by atoms with Crippen molar-refractivity contribution in [3.05, 3.63) is 29.8 Å². The molecule has 0 saturated heterocycles. The summed E-state index contributed by atoms with van der Waals surface area (Å²) in [5.41, 5.74) is 1.76. The van der Waals surface area contributed by atoms with E-state index in [4.69, 9.17) is 0 Å². The molecule has 1 N–H and O–H groups in total. The molecule has 0 aliphatic carbocycles. The van der Waals surface area contributed by atoms with Gasteiger partial charge in [0, 0.05) is 5.69 Å². The molecule has 1 amide bonds. The Kier molecular flexibility index (Phi) is 5.05. The first kappa shape index (κ1) is 12.8. The topological polar surface area (TPSA) is 46.2 Å². The molecule has 1 aromatic carbocycles. The molecule has 0 heterocycles. The highest BCUT2D eigenvalue weighted by Gasteiger charge is 2.09. The molecule has 0 spiro atoms. The molecular formula is C12H15NO2S. The van der Waals surface area contributed by atoms with Gasteiger partial charge in [0.05, 0.1) is 12.2 Å². The van der Waals surface area contributed by atoms with Crippen molar-refractivity contribution in [3.8, 4) is 0 Å². The lowest BCUT2D eigenvalue weighted by Crippen LogP contribution is -2.18. The van der Waals surface area contributed by atoms with Crippen molar-refractivity contribution in [2.75, 3.05) is 17.3 Å². The third kappa shape index (κ3) is 4.06. The zero-order valence-corrected chi connectivity index (χ0v) is 10.3. The van der Waals surface area contributed by atoms with Crippen LogP contribution in [0.1, 0.15) is 12.0 Å². The van der Waals surface area contributed by atoms with E-state index in [1.165, 1.54) is 11.8 Å². The highest BCUT2D eigenvalue weighted by molar-refractivity contribution is 7.99. The maximum absolute atomic E-state index is 11.5. The van der Waals surface area contributed by atoms with Crippen LogP contribution in [0.2, 0.25) is 0 Å². The highest BCUT2D eigenvalue weighted by atomic mass is 32.2. The SMILES string of the molecule is CSCC(=O)CC(=O)Nc1ccccc1C. The molecule has 1 aromatic rings. The van der Waals surface area contributed by atoms with Crippen molar-refractivity contribution < 1.29 is 9.59 Å². The molecule has 3 nitrogen and oxygen atoms in total. The zero-order valence-electron chi connectivity index (χ0n) is 9.45. The Hall–Kier alpha value is -1.29. The fourth-order valence-corrected chi connectivity index (χ4v) is 1.72. The second-order valence-electron chi connectivity index (χ2n) is 3.51. The summed E-state index contributed by atoms with van der Waals surface area (Å²) in [7, 11) is 0. The Morgan fingerprint density at radius 1 is 1.31 bits per heavy atom. The maximum Gasteiger partial charge on any atom is 0.231 e. The molecule has 0 bridgehead atoms. The van der Waals surface area contributed by atoms with Crippen LogP contribution in [-0.2, 0) is 9.59 Å². The second kappa shape index (κ2) is 6.33. The van der Waals surface area contributed by atoms with Crippen LogP contribution in [-0.4, -0.2) is 23.7 Å². The van der Waals surface area contributed by atoms with Crippen LogP contribution in [0, 0.1) is 6.92 Å². The Morgan fingerprint density at radius 2 is 2.00 bits per heavy atom. The number of amides is 1. The van der Waals surface area contributed by atoms with E-state index >= 15 is 0 Å². The summed E-state index contributed by atoms with van der Waals surface area (Å²) in [5, 5.41) is 2.73. The molecular weight excluding hydrogens is 222 g/mol. The standard InChI is InChI=1S/C12H15NO2S/c1-9-5-3-4-6-11(9)13-12(15)7-10(14)8-16-2/h3-6H,7-8H2,1-2H3,(H,13,15). The van der Waals surface area contributed by atoms with Crippen molar-refractivity contribution in [1.29, 1.82) is 0 Å². The number of carbonyl (C=O) groups excluding carboxylic acids is 2. The number of rotatable bonds is 5. The van der Waals surface area contributed by atoms with E-state index in [2.05, 4.69) is 5.32 Å². The summed E-state index contributed by atoms with van der Waals surface area (Å²) in [5.74, 6) is 0.105. The fraction of sp³-hybridized carbons (Fsp3) is 0.333. The minimum atomic E-state index is -0.242. The van der Waals surface area contributed by atoms with Crippen molar-refractivity contribution in [1.82, 2.24) is 0 Å². The number of Topliss-reactive ketones (excluding diaryl/α,β-unsaturated/α-hetero) is 1. The lowest BCUT2D eigenvalue weighted by atomic mass is 10.2. The van der Waals surface area contributed by atoms with Crippen molar-refractivity contribution >= 4 is 29.1 Å². The summed E-state index contributed by atoms with van der Waals surface area (Å²) in [6.07, 6.45) is 1.80. The third-order valence-electron chi connectivity index (χ3n) is 2.08. The molecule has 16 heavy (non-hydrogen) atoms. The zero-order chi connectivity index (χ0) is 12.0. The van der Waals surface area contributed by atoms with E-state index < -0.39 is 0 Å². The quantitative estimate of drug-likeness (QED) is 0.799. The molecule has 0 fully saturated rings. The molecule has 0 aliphatic heterocycles. The van der Waals surface area contributed by atoms with E-state index in [-0.39, 0.29) is 18.1 Å². The number of hydrogen-bond donors (Lipinski definition) is 1. The number of ketones is 1. The fourth-order valence-electron chi connectivity index (χ4n) is 1.30. The van der Waals surface area contributed by atoms with Gasteiger partial charge in [0.1, 0.15) is 0 Å². The molecule has 1 rings (SSSR count). The van der Waals surface area contributed by atoms with Gasteiger partial charge in [-0.15, -0.1) is 0 Å². The maximum atomic E-state index is 11.5. The van der Waals surface area contributed by atoms with Crippen molar-refractivity contribution in [2.24, 2.45) is 0 Å². The Balaban J connectivity index is 2.52. The van der Waals surface area contributed by atoms with E-state index in [1.807, 2.05) is 37.4 Å². The minimum absolute atomic E-state index is 0.0430. The van der Waals surface area contributed by atoms with Crippen LogP contribution >= 0.6 is 11.8 Å². The van der Waals surface area contributed by atoms with Gasteiger partial charge >= 0.3 is 0 Å². The number of anilines is 1. The number of thioether (sulfide) groups is 1. The number of aryl methyl sites for hydroxylation is 1. The summed E-state index contributed by atoms with van der Waals surface area (Å²) < 4.78 is 0. The number of benzene rings is 1. The third-order valence-corrected chi connectivity index (χ3v) is 2.69. The van der Waals surface area contributed by atoms with Gasteiger partial charge < -0.3 is 5.32 Å². The highest BCUT2D eigenvalue weighted by Crippen LogP contribution is 2.13. The predicted molar refractivity (Wildman–Crippen MR) is 67.8 cm³/mol. The van der Waals surface area contributed by atoms with E-state index in [0.717, 1.165) is 11.3 Å². The van der Waals surface area contributed by atoms with Gasteiger partial charge in [0.15, 0.2) is 5.78 Å². The first-order valence-electron chi connectivity index (χ1n) is 4.99. The van der Waals surface area contributed by atoms with Crippen LogP contribution in [0.15, 0.2) is 24.3 Å². The van der Waals surface area contributed by atoms with Crippen molar-refractivity contribution in [2.45, 2.75) is 13.3 Å². The smallest absolute Gasteiger partial charge is 0.231 e. The lowest BCUT2D eigenvalue weighted by molar-refractivity contribution is -0.123. The van der Waals surface area contributed by atoms with Crippen LogP contribution < -0.4 is 5.32 Å². The van der Waals surface area contributed by atoms with Gasteiger partial charge in [-0.2, -0.15) is 11.8 Å². The summed E-state index contributed by atoms with van der Waals surface area (Å²) in [6, 6.07) is 7.50. The Labute approximate surface area is 99.6 Å². The second-order valence-corrected chi connectivity index (χ2v) is 4.38. The lowest BCUT2D eigenvalue weighted by Gasteiger charge is -2.07. The Morgan fingerprint density at radius 3 is 2.62 bits per heavy atom. The molecule has 4 heteroatoms. The Bertz CT molecular complexity index is 390. The number of nitrogens with one attached hydrogen (secondary N) is 1. The molecule has 0 aliphatic rings. The molecule has 0 saturated carbocycles. The molecule has 0 aromatic heterocycles. The van der Waals surface area contributed by atoms with Crippen LogP contribution in [0.3, 0.4) is 0 Å². The molecule has 0 radical (unpaired) electrons. The van der Waals surface area contributed by atoms with Crippen LogP contribution in [0.25, 0.3) is 0 Å². The van der Waals surface area contributed by atoms with E-state index in [9.17, 15) is 9.59 Å². The van der Waals surface area contributed by atoms with Crippen LogP contribution in [0.4, 0.5) is 5.69 Å². The van der Waals surface area contributed by atoms with Crippen LogP contribution in [0.5, 0.6) is 0 Å². The number of para-hydroxylation sites is 1. The summed E-state index contributed by atoms with van der Waals surface area (Å²) >= 11 is 1.43.